The van der Waals surface area contributed by atoms with Gasteiger partial charge in [-0.3, -0.25) is 9.79 Å². The molecular weight excluding hydrogens is 314 g/mol. The van der Waals surface area contributed by atoms with E-state index in [9.17, 15) is 4.79 Å². The van der Waals surface area contributed by atoms with Crippen molar-refractivity contribution in [3.8, 4) is 0 Å². The van der Waals surface area contributed by atoms with Gasteiger partial charge in [0.25, 0.3) is 0 Å². The van der Waals surface area contributed by atoms with E-state index < -0.39 is 0 Å². The molecule has 1 saturated carbocycles. The van der Waals surface area contributed by atoms with Crippen LogP contribution >= 0.6 is 0 Å². The number of guanidine groups is 1. The van der Waals surface area contributed by atoms with Crippen molar-refractivity contribution in [1.29, 1.82) is 0 Å². The predicted octanol–water partition coefficient (Wildman–Crippen LogP) is 1.51. The number of rotatable bonds is 9. The Morgan fingerprint density at radius 2 is 1.92 bits per heavy atom. The summed E-state index contributed by atoms with van der Waals surface area (Å²) in [6.07, 6.45) is 2.08. The quantitative estimate of drug-likeness (QED) is 0.361. The maximum Gasteiger partial charge on any atom is 0.223 e. The Kier molecular flexibility index (Phi) is 7.57. The number of aryl methyl sites for hydroxylation is 1. The van der Waals surface area contributed by atoms with Crippen molar-refractivity contribution in [3.05, 3.63) is 29.8 Å². The number of benzene rings is 1. The van der Waals surface area contributed by atoms with E-state index in [1.165, 1.54) is 11.3 Å². The second kappa shape index (κ2) is 9.91. The van der Waals surface area contributed by atoms with Crippen LogP contribution in [0.15, 0.2) is 29.3 Å². The molecule has 0 aliphatic heterocycles. The molecule has 138 valence electrons. The Balaban J connectivity index is 1.66. The number of hydrogen-bond acceptors (Lipinski definition) is 3. The van der Waals surface area contributed by atoms with Gasteiger partial charge >= 0.3 is 0 Å². The molecule has 0 aromatic heterocycles. The molecule has 0 unspecified atom stereocenters. The van der Waals surface area contributed by atoms with E-state index in [1.54, 1.807) is 7.05 Å². The molecule has 0 atom stereocenters. The molecular formula is C19H31N5O. The van der Waals surface area contributed by atoms with Crippen LogP contribution in [-0.2, 0) is 4.79 Å². The van der Waals surface area contributed by atoms with Gasteiger partial charge in [0, 0.05) is 51.4 Å². The van der Waals surface area contributed by atoms with Crippen molar-refractivity contribution < 1.29 is 4.79 Å². The largest absolute Gasteiger partial charge is 0.370 e. The number of anilines is 1. The van der Waals surface area contributed by atoms with E-state index in [2.05, 4.69) is 64.0 Å². The summed E-state index contributed by atoms with van der Waals surface area (Å²) in [7, 11) is 1.76. The summed E-state index contributed by atoms with van der Waals surface area (Å²) in [6, 6.07) is 8.56. The summed E-state index contributed by atoms with van der Waals surface area (Å²) in [5.74, 6) is 1.21. The zero-order chi connectivity index (χ0) is 18.1. The van der Waals surface area contributed by atoms with Gasteiger partial charge in [-0.25, -0.2) is 0 Å². The summed E-state index contributed by atoms with van der Waals surface area (Å²) in [4.78, 5) is 18.1. The molecule has 0 heterocycles. The number of likely N-dealkylation sites (N-methyl/N-ethyl adjacent to an activating group) is 1. The van der Waals surface area contributed by atoms with Gasteiger partial charge in [-0.1, -0.05) is 12.1 Å². The number of carbonyl (C=O) groups is 1. The molecule has 1 aliphatic carbocycles. The van der Waals surface area contributed by atoms with Crippen molar-refractivity contribution in [2.75, 3.05) is 44.7 Å². The van der Waals surface area contributed by atoms with Crippen molar-refractivity contribution in [2.24, 2.45) is 10.9 Å². The highest BCUT2D eigenvalue weighted by Gasteiger charge is 2.28. The average molecular weight is 345 g/mol. The third kappa shape index (κ3) is 6.64. The van der Waals surface area contributed by atoms with E-state index in [-0.39, 0.29) is 11.8 Å². The SMILES string of the molecule is CCN(CCNC(=NC)NCCNC(=O)C1CC1)c1cccc(C)c1. The minimum atomic E-state index is 0.182. The number of aliphatic imine (C=N–C) groups is 1. The van der Waals surface area contributed by atoms with Crippen LogP contribution in [0.2, 0.25) is 0 Å². The highest BCUT2D eigenvalue weighted by Crippen LogP contribution is 2.28. The first-order valence-electron chi connectivity index (χ1n) is 9.18. The molecule has 0 radical (unpaired) electrons. The van der Waals surface area contributed by atoms with Crippen LogP contribution in [0.3, 0.4) is 0 Å². The zero-order valence-electron chi connectivity index (χ0n) is 15.6. The molecule has 6 heteroatoms. The van der Waals surface area contributed by atoms with Gasteiger partial charge in [0.15, 0.2) is 5.96 Å². The lowest BCUT2D eigenvalue weighted by molar-refractivity contribution is -0.122. The van der Waals surface area contributed by atoms with E-state index in [0.717, 1.165) is 38.4 Å². The van der Waals surface area contributed by atoms with E-state index >= 15 is 0 Å². The first-order chi connectivity index (χ1) is 12.1. The number of amides is 1. The molecule has 1 fully saturated rings. The Labute approximate surface area is 151 Å². The minimum absolute atomic E-state index is 0.182. The zero-order valence-corrected chi connectivity index (χ0v) is 15.6. The van der Waals surface area contributed by atoms with Crippen LogP contribution in [0, 0.1) is 12.8 Å². The molecule has 3 N–H and O–H groups in total. The van der Waals surface area contributed by atoms with Crippen molar-refractivity contribution in [1.82, 2.24) is 16.0 Å². The molecule has 0 spiro atoms. The molecule has 0 bridgehead atoms. The standard InChI is InChI=1S/C19H31N5O/c1-4-24(17-7-5-6-15(2)14-17)13-12-23-19(20-3)22-11-10-21-18(25)16-8-9-16/h5-7,14,16H,4,8-13H2,1-3H3,(H,21,25)(H2,20,22,23). The van der Waals surface area contributed by atoms with Gasteiger partial charge < -0.3 is 20.9 Å². The lowest BCUT2D eigenvalue weighted by atomic mass is 10.2. The van der Waals surface area contributed by atoms with Crippen LogP contribution in [0.4, 0.5) is 5.69 Å². The Morgan fingerprint density at radius 1 is 1.20 bits per heavy atom. The number of carbonyl (C=O) groups excluding carboxylic acids is 1. The number of hydrogen-bond donors (Lipinski definition) is 3. The van der Waals surface area contributed by atoms with Gasteiger partial charge in [-0.05, 0) is 44.4 Å². The van der Waals surface area contributed by atoms with Crippen LogP contribution in [0.5, 0.6) is 0 Å². The summed E-state index contributed by atoms with van der Waals surface area (Å²) < 4.78 is 0. The normalized spacial score (nSPS) is 14.1. The Bertz CT molecular complexity index is 583. The molecule has 1 aromatic rings. The van der Waals surface area contributed by atoms with Crippen molar-refractivity contribution >= 4 is 17.6 Å². The Morgan fingerprint density at radius 3 is 2.56 bits per heavy atom. The summed E-state index contributed by atoms with van der Waals surface area (Å²) in [5, 5.41) is 9.50. The Hall–Kier alpha value is -2.24. The topological polar surface area (TPSA) is 68.8 Å². The average Bonchev–Trinajstić information content (AvgIpc) is 3.45. The molecule has 1 aliphatic rings. The molecule has 1 aromatic carbocycles. The lowest BCUT2D eigenvalue weighted by Crippen LogP contribution is -2.44. The van der Waals surface area contributed by atoms with Gasteiger partial charge in [0.1, 0.15) is 0 Å². The third-order valence-electron chi connectivity index (χ3n) is 4.31. The van der Waals surface area contributed by atoms with Crippen molar-refractivity contribution in [2.45, 2.75) is 26.7 Å². The van der Waals surface area contributed by atoms with Crippen LogP contribution in [0.1, 0.15) is 25.3 Å². The fourth-order valence-electron chi connectivity index (χ4n) is 2.68. The third-order valence-corrected chi connectivity index (χ3v) is 4.31. The van der Waals surface area contributed by atoms with Gasteiger partial charge in [0.05, 0.1) is 0 Å². The molecule has 0 saturated heterocycles. The summed E-state index contributed by atoms with van der Waals surface area (Å²) >= 11 is 0. The van der Waals surface area contributed by atoms with Crippen molar-refractivity contribution in [3.63, 3.8) is 0 Å². The van der Waals surface area contributed by atoms with Gasteiger partial charge in [0.2, 0.25) is 5.91 Å². The molecule has 25 heavy (non-hydrogen) atoms. The first kappa shape index (κ1) is 19.1. The summed E-state index contributed by atoms with van der Waals surface area (Å²) in [6.45, 7) is 8.24. The first-order valence-corrected chi connectivity index (χ1v) is 9.18. The smallest absolute Gasteiger partial charge is 0.223 e. The highest BCUT2D eigenvalue weighted by atomic mass is 16.2. The van der Waals surface area contributed by atoms with Crippen LogP contribution < -0.4 is 20.9 Å². The van der Waals surface area contributed by atoms with E-state index in [1.807, 2.05) is 0 Å². The lowest BCUT2D eigenvalue weighted by Gasteiger charge is -2.24. The predicted molar refractivity (Wildman–Crippen MR) is 104 cm³/mol. The minimum Gasteiger partial charge on any atom is -0.370 e. The number of nitrogens with one attached hydrogen (secondary N) is 3. The highest BCUT2D eigenvalue weighted by molar-refractivity contribution is 5.81. The monoisotopic (exact) mass is 345 g/mol. The molecule has 6 nitrogen and oxygen atoms in total. The fourth-order valence-corrected chi connectivity index (χ4v) is 2.68. The number of nitrogens with zero attached hydrogens (tertiary/aromatic N) is 2. The van der Waals surface area contributed by atoms with Gasteiger partial charge in [-0.15, -0.1) is 0 Å². The van der Waals surface area contributed by atoms with Gasteiger partial charge in [-0.2, -0.15) is 0 Å². The van der Waals surface area contributed by atoms with Crippen LogP contribution in [-0.4, -0.2) is 51.6 Å². The maximum absolute atomic E-state index is 11.6. The second-order valence-corrected chi connectivity index (χ2v) is 6.41. The van der Waals surface area contributed by atoms with E-state index in [4.69, 9.17) is 0 Å². The molecule has 2 rings (SSSR count). The maximum atomic E-state index is 11.6. The van der Waals surface area contributed by atoms with E-state index in [0.29, 0.717) is 13.1 Å². The molecule has 1 amide bonds. The second-order valence-electron chi connectivity index (χ2n) is 6.41. The van der Waals surface area contributed by atoms with Crippen LogP contribution in [0.25, 0.3) is 0 Å². The summed E-state index contributed by atoms with van der Waals surface area (Å²) in [5.41, 5.74) is 2.52. The fraction of sp³-hybridized carbons (Fsp3) is 0.579.